The SMILES string of the molecule is CCS(=O)(=O)C(C)(C(=O)O)S(=O)(=O)CC. The minimum Gasteiger partial charge on any atom is -0.479 e. The highest BCUT2D eigenvalue weighted by Crippen LogP contribution is 2.26. The molecule has 0 aromatic rings. The van der Waals surface area contributed by atoms with Gasteiger partial charge in [-0.15, -0.1) is 0 Å². The molecule has 0 saturated carbocycles. The van der Waals surface area contributed by atoms with E-state index in [1.165, 1.54) is 13.8 Å². The van der Waals surface area contributed by atoms with Gasteiger partial charge in [0.2, 0.25) is 0 Å². The summed E-state index contributed by atoms with van der Waals surface area (Å²) in [7, 11) is -8.43. The Labute approximate surface area is 89.1 Å². The molecular weight excluding hydrogens is 244 g/mol. The Bertz CT molecular complexity index is 410. The van der Waals surface area contributed by atoms with Crippen molar-refractivity contribution >= 4 is 25.6 Å². The summed E-state index contributed by atoms with van der Waals surface area (Å²) in [6.07, 6.45) is 0. The summed E-state index contributed by atoms with van der Waals surface area (Å²) in [6.45, 7) is 3.14. The van der Waals surface area contributed by atoms with Crippen molar-refractivity contribution in [3.63, 3.8) is 0 Å². The fourth-order valence-electron chi connectivity index (χ4n) is 1.01. The first-order valence-corrected chi connectivity index (χ1v) is 7.55. The van der Waals surface area contributed by atoms with Gasteiger partial charge in [-0.2, -0.15) is 0 Å². The molecule has 0 heterocycles. The Morgan fingerprint density at radius 1 is 1.07 bits per heavy atom. The van der Waals surface area contributed by atoms with E-state index in [9.17, 15) is 21.6 Å². The van der Waals surface area contributed by atoms with Gasteiger partial charge >= 0.3 is 5.97 Å². The molecule has 0 aliphatic rings. The van der Waals surface area contributed by atoms with Crippen LogP contribution in [0.5, 0.6) is 0 Å². The van der Waals surface area contributed by atoms with Crippen LogP contribution < -0.4 is 0 Å². The lowest BCUT2D eigenvalue weighted by atomic mass is 10.5. The van der Waals surface area contributed by atoms with Crippen LogP contribution >= 0.6 is 0 Å². The Balaban J connectivity index is 6.05. The number of rotatable bonds is 5. The lowest BCUT2D eigenvalue weighted by Crippen LogP contribution is -2.51. The maximum absolute atomic E-state index is 11.5. The van der Waals surface area contributed by atoms with E-state index in [1.54, 1.807) is 0 Å². The molecule has 0 aliphatic carbocycles. The Kier molecular flexibility index (Phi) is 3.92. The Morgan fingerprint density at radius 2 is 1.33 bits per heavy atom. The highest BCUT2D eigenvalue weighted by molar-refractivity contribution is 8.11. The summed E-state index contributed by atoms with van der Waals surface area (Å²) < 4.78 is 43.3. The molecule has 0 unspecified atom stereocenters. The Hall–Kier alpha value is -0.630. The molecule has 0 radical (unpaired) electrons. The van der Waals surface area contributed by atoms with Gasteiger partial charge in [0.05, 0.1) is 0 Å². The fourth-order valence-corrected chi connectivity index (χ4v) is 4.90. The zero-order chi connectivity index (χ0) is 12.5. The number of hydrogen-bond donors (Lipinski definition) is 1. The number of carboxylic acids is 1. The van der Waals surface area contributed by atoms with E-state index in [1.807, 2.05) is 0 Å². The van der Waals surface area contributed by atoms with Gasteiger partial charge in [-0.25, -0.2) is 21.6 Å². The fraction of sp³-hybridized carbons (Fsp3) is 0.857. The largest absolute Gasteiger partial charge is 0.479 e. The van der Waals surface area contributed by atoms with Crippen LogP contribution in [0.25, 0.3) is 0 Å². The van der Waals surface area contributed by atoms with E-state index < -0.39 is 41.2 Å². The van der Waals surface area contributed by atoms with Crippen LogP contribution in [0, 0.1) is 0 Å². The number of aliphatic carboxylic acids is 1. The third-order valence-corrected chi connectivity index (χ3v) is 8.10. The quantitative estimate of drug-likeness (QED) is 0.723. The molecule has 1 N–H and O–H groups in total. The minimum absolute atomic E-state index is 0.533. The second-order valence-electron chi connectivity index (χ2n) is 3.06. The highest BCUT2D eigenvalue weighted by Gasteiger charge is 2.55. The van der Waals surface area contributed by atoms with Gasteiger partial charge in [0.1, 0.15) is 0 Å². The Morgan fingerprint density at radius 3 is 1.47 bits per heavy atom. The molecule has 0 bridgehead atoms. The van der Waals surface area contributed by atoms with Crippen molar-refractivity contribution in [1.29, 1.82) is 0 Å². The van der Waals surface area contributed by atoms with Gasteiger partial charge in [-0.1, -0.05) is 13.8 Å². The smallest absolute Gasteiger partial charge is 0.340 e. The third-order valence-electron chi connectivity index (χ3n) is 2.34. The van der Waals surface area contributed by atoms with E-state index >= 15 is 0 Å². The topological polar surface area (TPSA) is 106 Å². The van der Waals surface area contributed by atoms with Crippen molar-refractivity contribution in [2.45, 2.75) is 24.9 Å². The molecule has 8 heteroatoms. The molecule has 0 amide bonds. The molecule has 0 saturated heterocycles. The summed E-state index contributed by atoms with van der Waals surface area (Å²) in [5, 5.41) is 8.81. The monoisotopic (exact) mass is 258 g/mol. The summed E-state index contributed by atoms with van der Waals surface area (Å²) in [6, 6.07) is 0. The number of hydrogen-bond acceptors (Lipinski definition) is 5. The molecule has 0 aliphatic heterocycles. The second kappa shape index (κ2) is 4.09. The predicted octanol–water partition coefficient (Wildman–Crippen LogP) is -0.343. The average molecular weight is 258 g/mol. The van der Waals surface area contributed by atoms with Crippen LogP contribution in [0.3, 0.4) is 0 Å². The van der Waals surface area contributed by atoms with Crippen molar-refractivity contribution in [3.8, 4) is 0 Å². The van der Waals surface area contributed by atoms with Crippen LogP contribution in [0.2, 0.25) is 0 Å². The zero-order valence-corrected chi connectivity index (χ0v) is 10.4. The van der Waals surface area contributed by atoms with Gasteiger partial charge in [-0.3, -0.25) is 0 Å². The molecule has 15 heavy (non-hydrogen) atoms. The van der Waals surface area contributed by atoms with Crippen molar-refractivity contribution < 1.29 is 26.7 Å². The van der Waals surface area contributed by atoms with Crippen LogP contribution in [0.15, 0.2) is 0 Å². The van der Waals surface area contributed by atoms with E-state index in [0.717, 1.165) is 0 Å². The molecule has 0 aromatic carbocycles. The predicted molar refractivity (Wildman–Crippen MR) is 55.0 cm³/mol. The first-order chi connectivity index (χ1) is 6.56. The molecule has 90 valence electrons. The summed E-state index contributed by atoms with van der Waals surface area (Å²) >= 11 is 0. The summed E-state index contributed by atoms with van der Waals surface area (Å²) in [5.74, 6) is -2.92. The van der Waals surface area contributed by atoms with E-state index in [-0.39, 0.29) is 0 Å². The minimum atomic E-state index is -4.22. The molecule has 0 fully saturated rings. The van der Waals surface area contributed by atoms with Crippen molar-refractivity contribution in [2.75, 3.05) is 11.5 Å². The molecule has 0 aromatic heterocycles. The van der Waals surface area contributed by atoms with E-state index in [4.69, 9.17) is 5.11 Å². The average Bonchev–Trinajstić information content (AvgIpc) is 2.15. The normalized spacial score (nSPS) is 13.8. The number of carboxylic acid groups (broad SMARTS) is 1. The lowest BCUT2D eigenvalue weighted by molar-refractivity contribution is -0.137. The second-order valence-corrected chi connectivity index (χ2v) is 8.56. The molecule has 0 atom stereocenters. The highest BCUT2D eigenvalue weighted by atomic mass is 32.3. The van der Waals surface area contributed by atoms with Crippen molar-refractivity contribution in [2.24, 2.45) is 0 Å². The van der Waals surface area contributed by atoms with Gasteiger partial charge in [-0.05, 0) is 6.92 Å². The molecule has 0 spiro atoms. The van der Waals surface area contributed by atoms with E-state index in [2.05, 4.69) is 0 Å². The standard InChI is InChI=1S/C7H14O6S2/c1-4-14(10,11)7(3,6(8)9)15(12,13)5-2/h4-5H2,1-3H3,(H,8,9). The maximum atomic E-state index is 11.5. The summed E-state index contributed by atoms with van der Waals surface area (Å²) in [5.41, 5.74) is 0. The van der Waals surface area contributed by atoms with Crippen LogP contribution in [0.4, 0.5) is 0 Å². The van der Waals surface area contributed by atoms with Crippen LogP contribution in [-0.4, -0.2) is 43.5 Å². The number of carbonyl (C=O) groups is 1. The van der Waals surface area contributed by atoms with Crippen molar-refractivity contribution in [3.05, 3.63) is 0 Å². The number of sulfone groups is 2. The van der Waals surface area contributed by atoms with Gasteiger partial charge in [0.15, 0.2) is 19.7 Å². The maximum Gasteiger partial charge on any atom is 0.340 e. The van der Waals surface area contributed by atoms with Crippen LogP contribution in [-0.2, 0) is 24.5 Å². The van der Waals surface area contributed by atoms with Crippen LogP contribution in [0.1, 0.15) is 20.8 Å². The first-order valence-electron chi connectivity index (χ1n) is 4.24. The zero-order valence-electron chi connectivity index (χ0n) is 8.72. The van der Waals surface area contributed by atoms with E-state index in [0.29, 0.717) is 6.92 Å². The first kappa shape index (κ1) is 14.4. The summed E-state index contributed by atoms with van der Waals surface area (Å²) in [4.78, 5) is 10.9. The lowest BCUT2D eigenvalue weighted by Gasteiger charge is -2.23. The van der Waals surface area contributed by atoms with Crippen molar-refractivity contribution in [1.82, 2.24) is 0 Å². The molecule has 0 rings (SSSR count). The van der Waals surface area contributed by atoms with Gasteiger partial charge in [0, 0.05) is 11.5 Å². The molecular formula is C7H14O6S2. The third kappa shape index (κ3) is 2.00. The van der Waals surface area contributed by atoms with Gasteiger partial charge in [0.25, 0.3) is 4.08 Å². The molecule has 6 nitrogen and oxygen atoms in total. The van der Waals surface area contributed by atoms with Gasteiger partial charge < -0.3 is 5.11 Å².